The summed E-state index contributed by atoms with van der Waals surface area (Å²) < 4.78 is 11.2. The Morgan fingerprint density at radius 3 is 1.41 bits per heavy atom. The molecular formula is C28H26N2O2. The predicted molar refractivity (Wildman–Crippen MR) is 127 cm³/mol. The van der Waals surface area contributed by atoms with Crippen LogP contribution in [0.2, 0.25) is 0 Å². The molecule has 0 aliphatic rings. The maximum atomic E-state index is 8.65. The van der Waals surface area contributed by atoms with Gasteiger partial charge in [-0.15, -0.1) is 0 Å². The van der Waals surface area contributed by atoms with Gasteiger partial charge in [-0.05, 0) is 53.1 Å². The maximum Gasteiger partial charge on any atom is 0.119 e. The van der Waals surface area contributed by atoms with Gasteiger partial charge in [0.2, 0.25) is 0 Å². The summed E-state index contributed by atoms with van der Waals surface area (Å²) in [5.41, 5.74) is 9.59. The Hall–Kier alpha value is -4.07. The first-order valence-corrected chi connectivity index (χ1v) is 10.4. The third-order valence-electron chi connectivity index (χ3n) is 4.64. The Morgan fingerprint density at radius 2 is 1.00 bits per heavy atom. The standard InChI is InChI=1S/C14H15NO.C14H11NO/c2*15-10-12-6-8-14(9-7-12)16-11-13-4-2-1-3-5-13/h1-9H,10-11,15H2;1-9H,11H2. The van der Waals surface area contributed by atoms with Crippen molar-refractivity contribution in [2.45, 2.75) is 19.8 Å². The van der Waals surface area contributed by atoms with Crippen molar-refractivity contribution in [2.75, 3.05) is 0 Å². The Kier molecular flexibility index (Phi) is 8.89. The highest BCUT2D eigenvalue weighted by molar-refractivity contribution is 5.34. The molecule has 0 atom stereocenters. The van der Waals surface area contributed by atoms with Gasteiger partial charge in [0.1, 0.15) is 24.7 Å². The van der Waals surface area contributed by atoms with Crippen LogP contribution < -0.4 is 15.2 Å². The van der Waals surface area contributed by atoms with Crippen molar-refractivity contribution >= 4 is 0 Å². The smallest absolute Gasteiger partial charge is 0.119 e. The summed E-state index contributed by atoms with van der Waals surface area (Å²) in [6.45, 7) is 1.72. The van der Waals surface area contributed by atoms with E-state index in [0.29, 0.717) is 25.3 Å². The zero-order valence-corrected chi connectivity index (χ0v) is 17.9. The summed E-state index contributed by atoms with van der Waals surface area (Å²) in [6.07, 6.45) is 0. The zero-order chi connectivity index (χ0) is 22.4. The SMILES string of the molecule is N#Cc1ccc(OCc2ccccc2)cc1.NCc1ccc(OCc2ccccc2)cc1. The fourth-order valence-electron chi connectivity index (χ4n) is 2.83. The first-order valence-electron chi connectivity index (χ1n) is 10.4. The molecule has 0 amide bonds. The second kappa shape index (κ2) is 12.6. The molecule has 0 spiro atoms. The van der Waals surface area contributed by atoms with E-state index >= 15 is 0 Å². The van der Waals surface area contributed by atoms with Crippen LogP contribution in [0.25, 0.3) is 0 Å². The van der Waals surface area contributed by atoms with E-state index in [9.17, 15) is 0 Å². The van der Waals surface area contributed by atoms with Gasteiger partial charge in [-0.3, -0.25) is 0 Å². The van der Waals surface area contributed by atoms with Crippen LogP contribution in [0.3, 0.4) is 0 Å². The van der Waals surface area contributed by atoms with E-state index in [-0.39, 0.29) is 0 Å². The Bertz CT molecular complexity index is 1090. The number of benzene rings is 4. The minimum Gasteiger partial charge on any atom is -0.489 e. The van der Waals surface area contributed by atoms with Crippen molar-refractivity contribution in [3.05, 3.63) is 131 Å². The number of hydrogen-bond donors (Lipinski definition) is 1. The molecule has 0 radical (unpaired) electrons. The average Bonchev–Trinajstić information content (AvgIpc) is 2.88. The molecule has 4 nitrogen and oxygen atoms in total. The van der Waals surface area contributed by atoms with E-state index in [2.05, 4.69) is 6.07 Å². The number of nitriles is 1. The van der Waals surface area contributed by atoms with Crippen LogP contribution in [0.15, 0.2) is 109 Å². The fourth-order valence-corrected chi connectivity index (χ4v) is 2.83. The van der Waals surface area contributed by atoms with Crippen molar-refractivity contribution in [3.8, 4) is 17.6 Å². The van der Waals surface area contributed by atoms with Gasteiger partial charge in [0.15, 0.2) is 0 Å². The second-order valence-corrected chi connectivity index (χ2v) is 7.03. The van der Waals surface area contributed by atoms with Gasteiger partial charge in [-0.1, -0.05) is 72.8 Å². The number of hydrogen-bond acceptors (Lipinski definition) is 4. The second-order valence-electron chi connectivity index (χ2n) is 7.03. The van der Waals surface area contributed by atoms with Gasteiger partial charge in [0.25, 0.3) is 0 Å². The third-order valence-corrected chi connectivity index (χ3v) is 4.64. The van der Waals surface area contributed by atoms with E-state index in [1.54, 1.807) is 12.1 Å². The van der Waals surface area contributed by atoms with Crippen molar-refractivity contribution < 1.29 is 9.47 Å². The van der Waals surface area contributed by atoms with Crippen LogP contribution in [0.1, 0.15) is 22.3 Å². The third kappa shape index (κ3) is 7.64. The molecule has 4 heteroatoms. The summed E-state index contributed by atoms with van der Waals surface area (Å²) in [6, 6.07) is 37.2. The van der Waals surface area contributed by atoms with E-state index in [1.165, 1.54) is 5.56 Å². The monoisotopic (exact) mass is 422 g/mol. The number of nitrogens with zero attached hydrogens (tertiary/aromatic N) is 1. The minimum atomic E-state index is 0.548. The summed E-state index contributed by atoms with van der Waals surface area (Å²) in [4.78, 5) is 0. The van der Waals surface area contributed by atoms with Gasteiger partial charge in [0.05, 0.1) is 11.6 Å². The Balaban J connectivity index is 0.000000181. The van der Waals surface area contributed by atoms with Crippen molar-refractivity contribution in [3.63, 3.8) is 0 Å². The lowest BCUT2D eigenvalue weighted by Gasteiger charge is -2.06. The molecule has 4 aromatic carbocycles. The lowest BCUT2D eigenvalue weighted by atomic mass is 10.2. The number of nitrogens with two attached hydrogens (primary N) is 1. The fraction of sp³-hybridized carbons (Fsp3) is 0.107. The summed E-state index contributed by atoms with van der Waals surface area (Å²) in [7, 11) is 0. The molecule has 4 aromatic rings. The maximum absolute atomic E-state index is 8.65. The quantitative estimate of drug-likeness (QED) is 0.405. The molecule has 2 N–H and O–H groups in total. The van der Waals surface area contributed by atoms with Crippen LogP contribution in [-0.2, 0) is 19.8 Å². The molecule has 0 aromatic heterocycles. The van der Waals surface area contributed by atoms with E-state index < -0.39 is 0 Å². The molecule has 0 fully saturated rings. The highest BCUT2D eigenvalue weighted by Gasteiger charge is 1.96. The van der Waals surface area contributed by atoms with Crippen LogP contribution in [0.4, 0.5) is 0 Å². The van der Waals surface area contributed by atoms with E-state index in [0.717, 1.165) is 22.6 Å². The summed E-state index contributed by atoms with van der Waals surface area (Å²) in [5.74, 6) is 1.66. The lowest BCUT2D eigenvalue weighted by Crippen LogP contribution is -1.97. The molecule has 0 saturated heterocycles. The molecule has 0 bridgehead atoms. The Morgan fingerprint density at radius 1 is 0.562 bits per heavy atom. The van der Waals surface area contributed by atoms with Crippen molar-refractivity contribution in [1.29, 1.82) is 5.26 Å². The average molecular weight is 423 g/mol. The molecule has 160 valence electrons. The minimum absolute atomic E-state index is 0.548. The predicted octanol–water partition coefficient (Wildman–Crippen LogP) is 5.86. The molecule has 0 aliphatic carbocycles. The molecule has 4 rings (SSSR count). The first-order chi connectivity index (χ1) is 15.8. The largest absolute Gasteiger partial charge is 0.489 e. The molecule has 0 aliphatic heterocycles. The molecule has 0 unspecified atom stereocenters. The van der Waals surface area contributed by atoms with Gasteiger partial charge in [-0.25, -0.2) is 0 Å². The first kappa shape index (κ1) is 22.6. The van der Waals surface area contributed by atoms with Gasteiger partial charge in [-0.2, -0.15) is 5.26 Å². The van der Waals surface area contributed by atoms with Gasteiger partial charge >= 0.3 is 0 Å². The topological polar surface area (TPSA) is 68.3 Å². The van der Waals surface area contributed by atoms with Crippen LogP contribution in [0, 0.1) is 11.3 Å². The van der Waals surface area contributed by atoms with Crippen molar-refractivity contribution in [2.24, 2.45) is 5.73 Å². The highest BCUT2D eigenvalue weighted by atomic mass is 16.5. The zero-order valence-electron chi connectivity index (χ0n) is 17.9. The molecule has 0 saturated carbocycles. The Labute approximate surface area is 189 Å². The normalized spacial score (nSPS) is 9.75. The van der Waals surface area contributed by atoms with E-state index in [4.69, 9.17) is 20.5 Å². The number of rotatable bonds is 7. The number of ether oxygens (including phenoxy) is 2. The lowest BCUT2D eigenvalue weighted by molar-refractivity contribution is 0.306. The van der Waals surface area contributed by atoms with Crippen LogP contribution in [-0.4, -0.2) is 0 Å². The molecule has 0 heterocycles. The summed E-state index contributed by atoms with van der Waals surface area (Å²) in [5, 5.41) is 8.65. The van der Waals surface area contributed by atoms with Gasteiger partial charge < -0.3 is 15.2 Å². The van der Waals surface area contributed by atoms with E-state index in [1.807, 2.05) is 97.1 Å². The molecular weight excluding hydrogens is 396 g/mol. The molecule has 32 heavy (non-hydrogen) atoms. The van der Waals surface area contributed by atoms with Crippen molar-refractivity contribution in [1.82, 2.24) is 0 Å². The van der Waals surface area contributed by atoms with Crippen LogP contribution >= 0.6 is 0 Å². The highest BCUT2D eigenvalue weighted by Crippen LogP contribution is 2.14. The van der Waals surface area contributed by atoms with Crippen LogP contribution in [0.5, 0.6) is 11.5 Å². The summed E-state index contributed by atoms with van der Waals surface area (Å²) >= 11 is 0. The van der Waals surface area contributed by atoms with Gasteiger partial charge in [0, 0.05) is 6.54 Å².